The minimum absolute atomic E-state index is 0. The summed E-state index contributed by atoms with van der Waals surface area (Å²) in [5, 5.41) is 0. The van der Waals surface area contributed by atoms with E-state index in [1.807, 2.05) is 30.3 Å². The molecule has 2 heteroatoms. The molecular weight excluding hydrogens is 156 g/mol. The second kappa shape index (κ2) is 6.78. The molecule has 1 aromatic carbocycles. The fourth-order valence-electron chi connectivity index (χ4n) is 0.321. The van der Waals surface area contributed by atoms with E-state index in [0.717, 1.165) is 0 Å². The molecule has 1 rings (SSSR count). The van der Waals surface area contributed by atoms with Crippen molar-refractivity contribution in [2.24, 2.45) is 0 Å². The fraction of sp³-hybridized carbons (Fsp3) is 0. The zero-order valence-electron chi connectivity index (χ0n) is 3.89. The van der Waals surface area contributed by atoms with Crippen molar-refractivity contribution in [2.75, 3.05) is 0 Å². The zero-order chi connectivity index (χ0) is 3.54. The van der Waals surface area contributed by atoms with Crippen LogP contribution < -0.4 is 0 Å². The van der Waals surface area contributed by atoms with Gasteiger partial charge in [0, 0.05) is 43.4 Å². The quantitative estimate of drug-likeness (QED) is 0.398. The van der Waals surface area contributed by atoms with Gasteiger partial charge < -0.3 is 0 Å². The smallest absolute Gasteiger partial charge is 0 e. The van der Waals surface area contributed by atoms with Crippen molar-refractivity contribution >= 4 is 0 Å². The van der Waals surface area contributed by atoms with Gasteiger partial charge in [-0.25, -0.2) is 12.1 Å². The van der Waals surface area contributed by atoms with Gasteiger partial charge in [0.25, 0.3) is 0 Å². The number of rotatable bonds is 0. The van der Waals surface area contributed by atoms with E-state index in [2.05, 4.69) is 0 Å². The standard InChI is InChI=1S/C5H5.2Ti/c1-2-4-5-3-1;;/h1-5H;;/q-1;;. The van der Waals surface area contributed by atoms with Crippen LogP contribution in [0.1, 0.15) is 0 Å². The molecule has 0 aliphatic heterocycles. The van der Waals surface area contributed by atoms with E-state index < -0.39 is 0 Å². The summed E-state index contributed by atoms with van der Waals surface area (Å²) in [4.78, 5) is 0. The molecule has 0 spiro atoms. The van der Waals surface area contributed by atoms with Gasteiger partial charge in [0.15, 0.2) is 0 Å². The molecule has 0 aliphatic carbocycles. The molecule has 0 unspecified atom stereocenters. The minimum Gasteiger partial charge on any atom is -0.214 e. The molecule has 7 heavy (non-hydrogen) atoms. The maximum Gasteiger partial charge on any atom is 0 e. The van der Waals surface area contributed by atoms with E-state index >= 15 is 0 Å². The van der Waals surface area contributed by atoms with Gasteiger partial charge >= 0.3 is 0 Å². The molecule has 0 fully saturated rings. The van der Waals surface area contributed by atoms with Gasteiger partial charge in [0.05, 0.1) is 0 Å². The largest absolute Gasteiger partial charge is 0.214 e. The van der Waals surface area contributed by atoms with Gasteiger partial charge in [-0.1, -0.05) is 0 Å². The van der Waals surface area contributed by atoms with Crippen LogP contribution in [-0.2, 0) is 43.4 Å². The summed E-state index contributed by atoms with van der Waals surface area (Å²) in [6.07, 6.45) is 0. The second-order valence-electron chi connectivity index (χ2n) is 0.962. The Labute approximate surface area is 73.4 Å². The molecule has 0 aromatic heterocycles. The molecule has 0 saturated carbocycles. The molecule has 1 aromatic rings. The van der Waals surface area contributed by atoms with Gasteiger partial charge in [-0.15, -0.1) is 0 Å². The molecule has 0 atom stereocenters. The van der Waals surface area contributed by atoms with Crippen LogP contribution in [0.25, 0.3) is 0 Å². The third-order valence-corrected chi connectivity index (χ3v) is 0.556. The molecule has 0 amide bonds. The Morgan fingerprint density at radius 2 is 1.29 bits per heavy atom. The first kappa shape index (κ1) is 10.7. The monoisotopic (exact) mass is 161 g/mol. The third-order valence-electron chi connectivity index (χ3n) is 0.556. The van der Waals surface area contributed by atoms with Gasteiger partial charge in [0.1, 0.15) is 0 Å². The van der Waals surface area contributed by atoms with Crippen molar-refractivity contribution in [3.05, 3.63) is 30.3 Å². The second-order valence-corrected chi connectivity index (χ2v) is 0.962. The van der Waals surface area contributed by atoms with Crippen LogP contribution >= 0.6 is 0 Å². The van der Waals surface area contributed by atoms with E-state index in [-0.39, 0.29) is 43.4 Å². The van der Waals surface area contributed by atoms with Crippen LogP contribution in [0.5, 0.6) is 0 Å². The first-order valence-electron chi connectivity index (χ1n) is 1.67. The van der Waals surface area contributed by atoms with E-state index in [1.54, 1.807) is 0 Å². The Bertz CT molecular complexity index is 62.6. The van der Waals surface area contributed by atoms with Gasteiger partial charge in [-0.2, -0.15) is 18.2 Å². The van der Waals surface area contributed by atoms with Gasteiger partial charge in [-0.05, 0) is 0 Å². The summed E-state index contributed by atoms with van der Waals surface area (Å²) < 4.78 is 0. The van der Waals surface area contributed by atoms with Crippen molar-refractivity contribution in [3.63, 3.8) is 0 Å². The average molecular weight is 161 g/mol. The first-order chi connectivity index (χ1) is 2.50. The molecule has 0 heterocycles. The topological polar surface area (TPSA) is 0 Å². The Hall–Kier alpha value is 0.779. The summed E-state index contributed by atoms with van der Waals surface area (Å²) >= 11 is 0. The van der Waals surface area contributed by atoms with Gasteiger partial charge in [-0.3, -0.25) is 0 Å². The van der Waals surface area contributed by atoms with Gasteiger partial charge in [0.2, 0.25) is 0 Å². The minimum atomic E-state index is 0. The zero-order valence-corrected chi connectivity index (χ0v) is 7.01. The molecule has 0 bridgehead atoms. The normalized spacial score (nSPS) is 5.71. The SMILES string of the molecule is [Ti].[Ti].c1cc[cH-]c1. The van der Waals surface area contributed by atoms with Crippen LogP contribution in [0.4, 0.5) is 0 Å². The molecular formula is C5H5Ti2-. The van der Waals surface area contributed by atoms with E-state index in [1.165, 1.54) is 0 Å². The van der Waals surface area contributed by atoms with Crippen LogP contribution in [0.3, 0.4) is 0 Å². The summed E-state index contributed by atoms with van der Waals surface area (Å²) in [6.45, 7) is 0. The molecule has 0 radical (unpaired) electrons. The van der Waals surface area contributed by atoms with Crippen LogP contribution in [0.2, 0.25) is 0 Å². The third kappa shape index (κ3) is 4.64. The Morgan fingerprint density at radius 3 is 1.43 bits per heavy atom. The Kier molecular flexibility index (Phi) is 10.4. The van der Waals surface area contributed by atoms with Crippen molar-refractivity contribution in [1.29, 1.82) is 0 Å². The maximum absolute atomic E-state index is 2.00. The molecule has 0 N–H and O–H groups in total. The number of hydrogen-bond acceptors (Lipinski definition) is 0. The fourth-order valence-corrected chi connectivity index (χ4v) is 0.321. The summed E-state index contributed by atoms with van der Waals surface area (Å²) in [7, 11) is 0. The Morgan fingerprint density at radius 1 is 0.857 bits per heavy atom. The van der Waals surface area contributed by atoms with Crippen LogP contribution in [-0.4, -0.2) is 0 Å². The van der Waals surface area contributed by atoms with Crippen molar-refractivity contribution < 1.29 is 43.4 Å². The van der Waals surface area contributed by atoms with E-state index in [4.69, 9.17) is 0 Å². The van der Waals surface area contributed by atoms with Crippen molar-refractivity contribution in [2.45, 2.75) is 0 Å². The predicted molar refractivity (Wildman–Crippen MR) is 22.0 cm³/mol. The van der Waals surface area contributed by atoms with Crippen LogP contribution in [0.15, 0.2) is 30.3 Å². The molecule has 34 valence electrons. The maximum atomic E-state index is 2.00. The van der Waals surface area contributed by atoms with E-state index in [9.17, 15) is 0 Å². The molecule has 0 saturated heterocycles. The average Bonchev–Trinajstić information content (AvgIpc) is 1.76. The van der Waals surface area contributed by atoms with Crippen LogP contribution in [0, 0.1) is 0 Å². The summed E-state index contributed by atoms with van der Waals surface area (Å²) in [5.41, 5.74) is 0. The summed E-state index contributed by atoms with van der Waals surface area (Å²) in [5.74, 6) is 0. The van der Waals surface area contributed by atoms with E-state index in [0.29, 0.717) is 0 Å². The molecule has 0 aliphatic rings. The van der Waals surface area contributed by atoms with Crippen molar-refractivity contribution in [1.82, 2.24) is 0 Å². The number of hydrogen-bond donors (Lipinski definition) is 0. The van der Waals surface area contributed by atoms with Crippen molar-refractivity contribution in [3.8, 4) is 0 Å². The predicted octanol–water partition coefficient (Wildman–Crippen LogP) is 1.40. The summed E-state index contributed by atoms with van der Waals surface area (Å²) in [6, 6.07) is 10.0. The first-order valence-corrected chi connectivity index (χ1v) is 1.67. The molecule has 0 nitrogen and oxygen atoms in total. The Balaban J connectivity index is 0.